The van der Waals surface area contributed by atoms with Gasteiger partial charge < -0.3 is 14.7 Å². The molecule has 0 aromatic carbocycles. The Hall–Kier alpha value is -0.160. The fourth-order valence-electron chi connectivity index (χ4n) is 2.55. The Morgan fingerprint density at radius 3 is 2.73 bits per heavy atom. The molecular weight excluding hydrogens is 192 g/mol. The van der Waals surface area contributed by atoms with E-state index in [4.69, 9.17) is 9.84 Å². The van der Waals surface area contributed by atoms with Crippen molar-refractivity contribution in [3.63, 3.8) is 0 Å². The normalized spacial score (nSPS) is 29.8. The molecule has 0 aliphatic carbocycles. The third kappa shape index (κ3) is 3.14. The van der Waals surface area contributed by atoms with Crippen LogP contribution in [-0.4, -0.2) is 73.5 Å². The number of likely N-dealkylation sites (tertiary alicyclic amines) is 1. The van der Waals surface area contributed by atoms with Gasteiger partial charge in [-0.15, -0.1) is 0 Å². The van der Waals surface area contributed by atoms with Gasteiger partial charge in [-0.05, 0) is 19.4 Å². The van der Waals surface area contributed by atoms with Gasteiger partial charge in [0.05, 0.1) is 13.2 Å². The van der Waals surface area contributed by atoms with Gasteiger partial charge in [0.15, 0.2) is 0 Å². The summed E-state index contributed by atoms with van der Waals surface area (Å²) >= 11 is 0. The number of hydrogen-bond donors (Lipinski definition) is 1. The zero-order valence-corrected chi connectivity index (χ0v) is 9.40. The predicted molar refractivity (Wildman–Crippen MR) is 58.9 cm³/mol. The third-order valence-corrected chi connectivity index (χ3v) is 3.44. The van der Waals surface area contributed by atoms with Crippen LogP contribution in [0, 0.1) is 0 Å². The molecule has 15 heavy (non-hydrogen) atoms. The first-order chi connectivity index (χ1) is 7.40. The van der Waals surface area contributed by atoms with Crippen molar-refractivity contribution in [2.45, 2.75) is 18.9 Å². The molecule has 2 aliphatic heterocycles. The van der Waals surface area contributed by atoms with E-state index in [1.165, 1.54) is 19.5 Å². The quantitative estimate of drug-likeness (QED) is 0.701. The van der Waals surface area contributed by atoms with Crippen molar-refractivity contribution in [1.82, 2.24) is 9.80 Å². The molecule has 1 unspecified atom stereocenters. The molecule has 1 N–H and O–H groups in total. The van der Waals surface area contributed by atoms with Crippen molar-refractivity contribution in [3.8, 4) is 0 Å². The summed E-state index contributed by atoms with van der Waals surface area (Å²) in [6.45, 7) is 7.73. The molecule has 0 radical (unpaired) electrons. The molecule has 0 aromatic rings. The molecule has 0 bridgehead atoms. The molecule has 4 heteroatoms. The second-order valence-corrected chi connectivity index (χ2v) is 4.47. The first kappa shape index (κ1) is 11.3. The Balaban J connectivity index is 1.71. The van der Waals surface area contributed by atoms with Crippen LogP contribution in [-0.2, 0) is 4.74 Å². The maximum atomic E-state index is 8.79. The van der Waals surface area contributed by atoms with E-state index in [1.807, 2.05) is 0 Å². The largest absolute Gasteiger partial charge is 0.396 e. The van der Waals surface area contributed by atoms with Crippen molar-refractivity contribution >= 4 is 0 Å². The van der Waals surface area contributed by atoms with E-state index >= 15 is 0 Å². The number of aliphatic hydroxyl groups is 1. The Labute approximate surface area is 91.8 Å². The number of aliphatic hydroxyl groups excluding tert-OH is 1. The number of morpholine rings is 1. The topological polar surface area (TPSA) is 35.9 Å². The van der Waals surface area contributed by atoms with E-state index in [1.54, 1.807) is 0 Å². The molecule has 2 rings (SSSR count). The number of rotatable bonds is 4. The minimum absolute atomic E-state index is 0.318. The molecule has 1 atom stereocenters. The average molecular weight is 214 g/mol. The minimum atomic E-state index is 0.318. The highest BCUT2D eigenvalue weighted by Crippen LogP contribution is 2.16. The zero-order chi connectivity index (χ0) is 10.5. The van der Waals surface area contributed by atoms with Crippen molar-refractivity contribution in [2.75, 3.05) is 52.5 Å². The maximum Gasteiger partial charge on any atom is 0.0594 e. The summed E-state index contributed by atoms with van der Waals surface area (Å²) < 4.78 is 5.36. The van der Waals surface area contributed by atoms with Crippen LogP contribution in [0.2, 0.25) is 0 Å². The molecule has 0 aromatic heterocycles. The van der Waals surface area contributed by atoms with Gasteiger partial charge in [-0.1, -0.05) is 0 Å². The standard InChI is InChI=1S/C11H22N2O2/c14-7-1-3-12-4-2-11(10-12)13-5-8-15-9-6-13/h11,14H,1-10H2. The van der Waals surface area contributed by atoms with Crippen LogP contribution in [0.5, 0.6) is 0 Å². The van der Waals surface area contributed by atoms with Crippen LogP contribution < -0.4 is 0 Å². The first-order valence-corrected chi connectivity index (χ1v) is 6.05. The Bertz CT molecular complexity index is 183. The molecule has 0 spiro atoms. The second kappa shape index (κ2) is 5.80. The summed E-state index contributed by atoms with van der Waals surface area (Å²) in [5.41, 5.74) is 0. The first-order valence-electron chi connectivity index (χ1n) is 6.05. The Kier molecular flexibility index (Phi) is 4.38. The fraction of sp³-hybridized carbons (Fsp3) is 1.00. The molecule has 4 nitrogen and oxygen atoms in total. The van der Waals surface area contributed by atoms with E-state index < -0.39 is 0 Å². The summed E-state index contributed by atoms with van der Waals surface area (Å²) in [6, 6.07) is 0.729. The van der Waals surface area contributed by atoms with Crippen molar-refractivity contribution in [1.29, 1.82) is 0 Å². The van der Waals surface area contributed by atoms with Crippen LogP contribution in [0.4, 0.5) is 0 Å². The second-order valence-electron chi connectivity index (χ2n) is 4.47. The lowest BCUT2D eigenvalue weighted by molar-refractivity contribution is 0.0184. The predicted octanol–water partition coefficient (Wildman–Crippen LogP) is -0.225. The van der Waals surface area contributed by atoms with Gasteiger partial charge in [-0.3, -0.25) is 4.90 Å². The molecule has 88 valence electrons. The molecule has 2 heterocycles. The van der Waals surface area contributed by atoms with Gasteiger partial charge >= 0.3 is 0 Å². The number of hydrogen-bond acceptors (Lipinski definition) is 4. The third-order valence-electron chi connectivity index (χ3n) is 3.44. The van der Waals surface area contributed by atoms with E-state index in [0.29, 0.717) is 6.61 Å². The smallest absolute Gasteiger partial charge is 0.0594 e. The van der Waals surface area contributed by atoms with Gasteiger partial charge in [0.1, 0.15) is 0 Å². The number of ether oxygens (including phenoxy) is 1. The van der Waals surface area contributed by atoms with E-state index in [2.05, 4.69) is 9.80 Å². The van der Waals surface area contributed by atoms with Gasteiger partial charge in [0.2, 0.25) is 0 Å². The molecule has 0 amide bonds. The lowest BCUT2D eigenvalue weighted by Gasteiger charge is -2.32. The summed E-state index contributed by atoms with van der Waals surface area (Å²) in [4.78, 5) is 5.03. The van der Waals surface area contributed by atoms with E-state index in [0.717, 1.165) is 45.3 Å². The highest BCUT2D eigenvalue weighted by molar-refractivity contribution is 4.84. The van der Waals surface area contributed by atoms with Crippen LogP contribution in [0.3, 0.4) is 0 Å². The monoisotopic (exact) mass is 214 g/mol. The van der Waals surface area contributed by atoms with Gasteiger partial charge in [-0.25, -0.2) is 0 Å². The summed E-state index contributed by atoms with van der Waals surface area (Å²) in [7, 11) is 0. The lowest BCUT2D eigenvalue weighted by Crippen LogP contribution is -2.44. The van der Waals surface area contributed by atoms with Crippen molar-refractivity contribution in [3.05, 3.63) is 0 Å². The van der Waals surface area contributed by atoms with Crippen molar-refractivity contribution in [2.24, 2.45) is 0 Å². The zero-order valence-electron chi connectivity index (χ0n) is 9.40. The number of nitrogens with zero attached hydrogens (tertiary/aromatic N) is 2. The van der Waals surface area contributed by atoms with Gasteiger partial charge in [0, 0.05) is 38.8 Å². The van der Waals surface area contributed by atoms with Crippen LogP contribution in [0.15, 0.2) is 0 Å². The van der Waals surface area contributed by atoms with Crippen LogP contribution in [0.1, 0.15) is 12.8 Å². The maximum absolute atomic E-state index is 8.79. The molecule has 2 aliphatic rings. The molecule has 2 saturated heterocycles. The fourth-order valence-corrected chi connectivity index (χ4v) is 2.55. The highest BCUT2D eigenvalue weighted by Gasteiger charge is 2.27. The lowest BCUT2D eigenvalue weighted by atomic mass is 10.2. The minimum Gasteiger partial charge on any atom is -0.396 e. The Morgan fingerprint density at radius 2 is 2.00 bits per heavy atom. The molecular formula is C11H22N2O2. The average Bonchev–Trinajstić information content (AvgIpc) is 2.76. The van der Waals surface area contributed by atoms with E-state index in [-0.39, 0.29) is 0 Å². The summed E-state index contributed by atoms with van der Waals surface area (Å²) in [6.07, 6.45) is 2.20. The van der Waals surface area contributed by atoms with Gasteiger partial charge in [0.25, 0.3) is 0 Å². The van der Waals surface area contributed by atoms with Crippen molar-refractivity contribution < 1.29 is 9.84 Å². The Morgan fingerprint density at radius 1 is 1.20 bits per heavy atom. The molecule has 2 fully saturated rings. The van der Waals surface area contributed by atoms with Gasteiger partial charge in [-0.2, -0.15) is 0 Å². The molecule has 0 saturated carbocycles. The highest BCUT2D eigenvalue weighted by atomic mass is 16.5. The van der Waals surface area contributed by atoms with Crippen LogP contribution >= 0.6 is 0 Å². The van der Waals surface area contributed by atoms with Crippen LogP contribution in [0.25, 0.3) is 0 Å². The summed E-state index contributed by atoms with van der Waals surface area (Å²) in [5.74, 6) is 0. The van der Waals surface area contributed by atoms with E-state index in [9.17, 15) is 0 Å². The summed E-state index contributed by atoms with van der Waals surface area (Å²) in [5, 5.41) is 8.79. The SMILES string of the molecule is OCCCN1CCC(N2CCOCC2)C1.